The monoisotopic (exact) mass is 528 g/mol. The molecule has 6 rings (SSSR count). The zero-order valence-electron chi connectivity index (χ0n) is 18.3. The normalized spacial score (nSPS) is 25.0. The van der Waals surface area contributed by atoms with E-state index in [9.17, 15) is 14.7 Å². The highest BCUT2D eigenvalue weighted by Crippen LogP contribution is 2.38. The molecule has 0 radical (unpaired) electrons. The number of nitrogens with one attached hydrogen (secondary N) is 1. The largest absolute Gasteiger partial charge is 1.00 e. The first-order valence-corrected chi connectivity index (χ1v) is 11.0. The van der Waals surface area contributed by atoms with Crippen molar-refractivity contribution in [3.63, 3.8) is 0 Å². The highest BCUT2D eigenvalue weighted by Gasteiger charge is 2.54. The third kappa shape index (κ3) is 4.24. The van der Waals surface area contributed by atoms with Crippen molar-refractivity contribution in [3.8, 4) is 0 Å². The summed E-state index contributed by atoms with van der Waals surface area (Å²) in [5, 5.41) is 22.1. The fourth-order valence-corrected chi connectivity index (χ4v) is 4.92. The molecule has 3 aromatic rings. The third-order valence-electron chi connectivity index (χ3n) is 6.83. The number of fused-ring (bicyclic) bond motifs is 3. The van der Waals surface area contributed by atoms with Crippen molar-refractivity contribution in [2.45, 2.75) is 24.5 Å². The van der Waals surface area contributed by atoms with E-state index in [1.165, 1.54) is 18.7 Å². The van der Waals surface area contributed by atoms with Crippen LogP contribution in [0, 0.1) is 5.92 Å². The number of aromatic nitrogens is 2. The van der Waals surface area contributed by atoms with Crippen LogP contribution in [0.1, 0.15) is 24.0 Å². The van der Waals surface area contributed by atoms with Gasteiger partial charge in [0.2, 0.25) is 5.60 Å². The number of halogens is 1. The minimum Gasteiger partial charge on any atom is -1.00 e. The molecule has 2 N–H and O–H groups in total. The number of amides is 2. The highest BCUT2D eigenvalue weighted by molar-refractivity contribution is 5.85. The Hall–Kier alpha value is -3.08. The molecule has 3 aliphatic heterocycles. The first-order valence-electron chi connectivity index (χ1n) is 11.0. The fourth-order valence-electron chi connectivity index (χ4n) is 4.92. The molecule has 2 aromatic heterocycles. The molecular formula is C24H25BrN4O5. The number of benzene rings is 1. The van der Waals surface area contributed by atoms with E-state index < -0.39 is 17.7 Å². The summed E-state index contributed by atoms with van der Waals surface area (Å²) in [6.07, 6.45) is 5.30. The molecule has 2 amide bonds. The van der Waals surface area contributed by atoms with Gasteiger partial charge in [-0.2, -0.15) is 5.10 Å². The average Bonchev–Trinajstić information content (AvgIpc) is 3.41. The molecule has 3 saturated heterocycles. The number of urea groups is 1. The second-order valence-corrected chi connectivity index (χ2v) is 8.68. The molecule has 0 aliphatic carbocycles. The van der Waals surface area contributed by atoms with Crippen molar-refractivity contribution in [2.24, 2.45) is 5.92 Å². The maximum absolute atomic E-state index is 13.4. The number of carbonyl (C=O) groups is 2. The number of carbonyl (C=O) groups excluding carboxylic acids is 2. The second-order valence-electron chi connectivity index (χ2n) is 8.68. The summed E-state index contributed by atoms with van der Waals surface area (Å²) in [6, 6.07) is 13.4. The SMILES string of the molecule is O=C(OC1C[N+]2(C(=O)Nc3cccnn3)CCC1CC2)[C@@](O)(c1ccccc1)c1ccoc1.[Br-]. The molecule has 5 heterocycles. The Kier molecular flexibility index (Phi) is 6.83. The van der Waals surface area contributed by atoms with Gasteiger partial charge in [0.1, 0.15) is 6.54 Å². The number of ether oxygens (including phenoxy) is 1. The van der Waals surface area contributed by atoms with Gasteiger partial charge in [0.15, 0.2) is 11.9 Å². The minimum absolute atomic E-state index is 0. The lowest BCUT2D eigenvalue weighted by Crippen LogP contribution is -3.00. The van der Waals surface area contributed by atoms with Gasteiger partial charge in [-0.15, -0.1) is 5.10 Å². The van der Waals surface area contributed by atoms with Crippen molar-refractivity contribution in [3.05, 3.63) is 78.4 Å². The van der Waals surface area contributed by atoms with E-state index in [1.54, 1.807) is 42.5 Å². The Morgan fingerprint density at radius 3 is 2.50 bits per heavy atom. The number of quaternary nitrogens is 1. The van der Waals surface area contributed by atoms with Gasteiger partial charge in [0.25, 0.3) is 0 Å². The standard InChI is InChI=1S/C24H24N4O5.BrH/c29-22(24(31,19-10-14-32-16-19)18-5-2-1-3-6-18)33-20-15-28(12-8-17(20)9-13-28)23(30)26-21-7-4-11-25-27-21;/h1-7,10-11,14,16-17,20,31H,8-9,12-13,15H2;1H/t17?,20?,24-,28?;/m1./s1. The Bertz CT molecular complexity index is 1120. The summed E-state index contributed by atoms with van der Waals surface area (Å²) < 4.78 is 11.2. The third-order valence-corrected chi connectivity index (χ3v) is 6.83. The second kappa shape index (κ2) is 9.65. The smallest absolute Gasteiger partial charge is 0.422 e. The van der Waals surface area contributed by atoms with Crippen LogP contribution in [-0.4, -0.2) is 57.5 Å². The predicted octanol–water partition coefficient (Wildman–Crippen LogP) is -0.306. The van der Waals surface area contributed by atoms with Crippen LogP contribution in [0.2, 0.25) is 0 Å². The van der Waals surface area contributed by atoms with E-state index in [0.29, 0.717) is 36.6 Å². The Morgan fingerprint density at radius 1 is 1.09 bits per heavy atom. The highest BCUT2D eigenvalue weighted by atomic mass is 79.9. The zero-order chi connectivity index (χ0) is 22.9. The first kappa shape index (κ1) is 24.1. The molecule has 2 bridgehead atoms. The predicted molar refractivity (Wildman–Crippen MR) is 117 cm³/mol. The summed E-state index contributed by atoms with van der Waals surface area (Å²) in [4.78, 5) is 26.6. The van der Waals surface area contributed by atoms with Gasteiger partial charge >= 0.3 is 12.0 Å². The molecule has 1 unspecified atom stereocenters. The number of aliphatic hydroxyl groups is 1. The topological polar surface area (TPSA) is 115 Å². The van der Waals surface area contributed by atoms with E-state index >= 15 is 0 Å². The van der Waals surface area contributed by atoms with Crippen molar-refractivity contribution in [1.82, 2.24) is 10.2 Å². The summed E-state index contributed by atoms with van der Waals surface area (Å²) in [5.74, 6) is -0.251. The number of hydrogen-bond donors (Lipinski definition) is 2. The van der Waals surface area contributed by atoms with Crippen molar-refractivity contribution >= 4 is 17.8 Å². The van der Waals surface area contributed by atoms with Gasteiger partial charge in [-0.3, -0.25) is 5.32 Å². The number of piperidine rings is 3. The molecule has 10 heteroatoms. The van der Waals surface area contributed by atoms with Crippen LogP contribution in [0.4, 0.5) is 10.6 Å². The molecule has 3 fully saturated rings. The van der Waals surface area contributed by atoms with Crippen molar-refractivity contribution in [2.75, 3.05) is 25.0 Å². The average molecular weight is 529 g/mol. The van der Waals surface area contributed by atoms with Crippen LogP contribution in [0.5, 0.6) is 0 Å². The maximum Gasteiger partial charge on any atom is 0.422 e. The van der Waals surface area contributed by atoms with E-state index in [2.05, 4.69) is 15.5 Å². The van der Waals surface area contributed by atoms with Crippen molar-refractivity contribution in [1.29, 1.82) is 0 Å². The summed E-state index contributed by atoms with van der Waals surface area (Å²) in [6.45, 7) is 1.67. The minimum atomic E-state index is -2.01. The number of furan rings is 1. The van der Waals surface area contributed by atoms with Crippen LogP contribution in [0.3, 0.4) is 0 Å². The van der Waals surface area contributed by atoms with Gasteiger partial charge in [-0.05, 0) is 23.8 Å². The lowest BCUT2D eigenvalue weighted by Gasteiger charge is -2.49. The number of hydrogen-bond acceptors (Lipinski definition) is 7. The summed E-state index contributed by atoms with van der Waals surface area (Å²) in [7, 11) is 0. The number of nitrogens with zero attached hydrogens (tertiary/aromatic N) is 3. The molecule has 0 spiro atoms. The van der Waals surface area contributed by atoms with E-state index in [4.69, 9.17) is 9.15 Å². The van der Waals surface area contributed by atoms with Crippen molar-refractivity contribution < 1.29 is 45.3 Å². The Morgan fingerprint density at radius 2 is 1.85 bits per heavy atom. The lowest BCUT2D eigenvalue weighted by molar-refractivity contribution is -0.869. The molecule has 1 aromatic carbocycles. The first-order chi connectivity index (χ1) is 16.0. The molecule has 34 heavy (non-hydrogen) atoms. The number of anilines is 1. The quantitative estimate of drug-likeness (QED) is 0.345. The lowest BCUT2D eigenvalue weighted by atomic mass is 9.83. The molecular weight excluding hydrogens is 504 g/mol. The van der Waals surface area contributed by atoms with Crippen LogP contribution < -0.4 is 22.3 Å². The van der Waals surface area contributed by atoms with Gasteiger partial charge < -0.3 is 31.2 Å². The Balaban J connectivity index is 0.00000274. The van der Waals surface area contributed by atoms with E-state index in [1.807, 2.05) is 6.07 Å². The fraction of sp³-hybridized carbons (Fsp3) is 0.333. The summed E-state index contributed by atoms with van der Waals surface area (Å²) >= 11 is 0. The molecule has 2 atom stereocenters. The molecule has 0 saturated carbocycles. The van der Waals surface area contributed by atoms with Gasteiger partial charge in [0.05, 0.1) is 25.6 Å². The zero-order valence-corrected chi connectivity index (χ0v) is 19.9. The summed E-state index contributed by atoms with van der Waals surface area (Å²) in [5.41, 5.74) is -1.32. The molecule has 3 aliphatic rings. The van der Waals surface area contributed by atoms with Crippen LogP contribution in [-0.2, 0) is 15.1 Å². The van der Waals surface area contributed by atoms with E-state index in [0.717, 1.165) is 12.8 Å². The van der Waals surface area contributed by atoms with E-state index in [-0.39, 0.29) is 33.4 Å². The Labute approximate surface area is 207 Å². The number of rotatable bonds is 5. The van der Waals surface area contributed by atoms with Gasteiger partial charge in [-0.1, -0.05) is 30.3 Å². The van der Waals surface area contributed by atoms with Crippen LogP contribution in [0.15, 0.2) is 71.7 Å². The van der Waals surface area contributed by atoms with Gasteiger partial charge in [0, 0.05) is 30.5 Å². The van der Waals surface area contributed by atoms with Crippen LogP contribution in [0.25, 0.3) is 0 Å². The number of esters is 1. The molecule has 9 nitrogen and oxygen atoms in total. The van der Waals surface area contributed by atoms with Crippen LogP contribution >= 0.6 is 0 Å². The van der Waals surface area contributed by atoms with Gasteiger partial charge in [-0.25, -0.2) is 14.1 Å². The maximum atomic E-state index is 13.4. The molecule has 178 valence electrons.